The molecule has 76 valence electrons. The molecule has 0 amide bonds. The van der Waals surface area contributed by atoms with E-state index < -0.39 is 5.60 Å². The topological polar surface area (TPSA) is 56.6 Å². The van der Waals surface area contributed by atoms with Crippen molar-refractivity contribution in [3.8, 4) is 0 Å². The SMILES string of the molecule is CCC(C)(O)CNC1=NCCCN1. The first-order valence-corrected chi connectivity index (χ1v) is 4.88. The van der Waals surface area contributed by atoms with Crippen LogP contribution in [0.15, 0.2) is 4.99 Å². The van der Waals surface area contributed by atoms with Gasteiger partial charge in [0.05, 0.1) is 5.60 Å². The van der Waals surface area contributed by atoms with Gasteiger partial charge in [0.25, 0.3) is 0 Å². The van der Waals surface area contributed by atoms with Crippen LogP contribution in [-0.4, -0.2) is 36.3 Å². The number of aliphatic hydroxyl groups is 1. The van der Waals surface area contributed by atoms with Crippen LogP contribution in [0.5, 0.6) is 0 Å². The molecule has 0 bridgehead atoms. The average molecular weight is 185 g/mol. The summed E-state index contributed by atoms with van der Waals surface area (Å²) < 4.78 is 0. The first kappa shape index (κ1) is 10.3. The molecule has 1 heterocycles. The van der Waals surface area contributed by atoms with Gasteiger partial charge < -0.3 is 15.7 Å². The molecule has 13 heavy (non-hydrogen) atoms. The van der Waals surface area contributed by atoms with Crippen molar-refractivity contribution in [1.82, 2.24) is 10.6 Å². The zero-order valence-corrected chi connectivity index (χ0v) is 8.43. The molecule has 1 atom stereocenters. The van der Waals surface area contributed by atoms with Crippen LogP contribution in [-0.2, 0) is 0 Å². The Morgan fingerprint density at radius 3 is 3.00 bits per heavy atom. The van der Waals surface area contributed by atoms with E-state index in [1.807, 2.05) is 13.8 Å². The van der Waals surface area contributed by atoms with Crippen LogP contribution in [0.2, 0.25) is 0 Å². The lowest BCUT2D eigenvalue weighted by Crippen LogP contribution is -2.47. The maximum Gasteiger partial charge on any atom is 0.191 e. The average Bonchev–Trinajstić information content (AvgIpc) is 2.17. The molecule has 3 N–H and O–H groups in total. The normalized spacial score (nSPS) is 21.3. The minimum atomic E-state index is -0.637. The van der Waals surface area contributed by atoms with Crippen LogP contribution in [0, 0.1) is 0 Å². The summed E-state index contributed by atoms with van der Waals surface area (Å²) >= 11 is 0. The molecule has 0 fully saturated rings. The summed E-state index contributed by atoms with van der Waals surface area (Å²) in [6.45, 7) is 6.19. The first-order valence-electron chi connectivity index (χ1n) is 4.88. The fraction of sp³-hybridized carbons (Fsp3) is 0.889. The summed E-state index contributed by atoms with van der Waals surface area (Å²) in [5.74, 6) is 0.819. The Hall–Kier alpha value is -0.770. The molecule has 1 aliphatic rings. The van der Waals surface area contributed by atoms with Gasteiger partial charge in [-0.25, -0.2) is 0 Å². The molecular formula is C9H19N3O. The van der Waals surface area contributed by atoms with Gasteiger partial charge in [0, 0.05) is 19.6 Å². The lowest BCUT2D eigenvalue weighted by Gasteiger charge is -2.24. The maximum atomic E-state index is 9.71. The monoisotopic (exact) mass is 185 g/mol. The molecule has 1 rings (SSSR count). The summed E-state index contributed by atoms with van der Waals surface area (Å²) in [7, 11) is 0. The van der Waals surface area contributed by atoms with E-state index in [2.05, 4.69) is 15.6 Å². The van der Waals surface area contributed by atoms with Gasteiger partial charge in [-0.15, -0.1) is 0 Å². The molecule has 0 spiro atoms. The third kappa shape index (κ3) is 3.63. The Kier molecular flexibility index (Phi) is 3.54. The third-order valence-corrected chi connectivity index (χ3v) is 2.30. The molecule has 1 aliphatic heterocycles. The van der Waals surface area contributed by atoms with Crippen molar-refractivity contribution in [2.45, 2.75) is 32.3 Å². The Morgan fingerprint density at radius 1 is 1.69 bits per heavy atom. The van der Waals surface area contributed by atoms with Crippen molar-refractivity contribution in [3.63, 3.8) is 0 Å². The predicted octanol–water partition coefficient (Wildman–Crippen LogP) is 0.0863. The van der Waals surface area contributed by atoms with Crippen LogP contribution in [0.25, 0.3) is 0 Å². The Balaban J connectivity index is 2.29. The van der Waals surface area contributed by atoms with Crippen molar-refractivity contribution in [2.75, 3.05) is 19.6 Å². The number of hydrogen-bond donors (Lipinski definition) is 3. The maximum absolute atomic E-state index is 9.71. The van der Waals surface area contributed by atoms with E-state index in [4.69, 9.17) is 0 Å². The zero-order valence-electron chi connectivity index (χ0n) is 8.43. The van der Waals surface area contributed by atoms with E-state index in [-0.39, 0.29) is 0 Å². The number of rotatable bonds is 3. The van der Waals surface area contributed by atoms with Crippen molar-refractivity contribution in [3.05, 3.63) is 0 Å². The molecule has 0 aromatic rings. The fourth-order valence-electron chi connectivity index (χ4n) is 1.05. The van der Waals surface area contributed by atoms with Crippen molar-refractivity contribution in [2.24, 2.45) is 4.99 Å². The van der Waals surface area contributed by atoms with Crippen LogP contribution >= 0.6 is 0 Å². The Labute approximate surface area is 79.4 Å². The molecule has 0 aromatic carbocycles. The van der Waals surface area contributed by atoms with E-state index in [1.54, 1.807) is 0 Å². The smallest absolute Gasteiger partial charge is 0.191 e. The van der Waals surface area contributed by atoms with E-state index >= 15 is 0 Å². The predicted molar refractivity (Wildman–Crippen MR) is 53.8 cm³/mol. The van der Waals surface area contributed by atoms with Crippen molar-refractivity contribution >= 4 is 5.96 Å². The molecule has 1 unspecified atom stereocenters. The van der Waals surface area contributed by atoms with Gasteiger partial charge in [-0.1, -0.05) is 6.92 Å². The summed E-state index contributed by atoms with van der Waals surface area (Å²) in [4.78, 5) is 4.25. The minimum Gasteiger partial charge on any atom is -0.388 e. The number of aliphatic imine (C=N–C) groups is 1. The van der Waals surface area contributed by atoms with E-state index in [9.17, 15) is 5.11 Å². The second-order valence-electron chi connectivity index (χ2n) is 3.71. The summed E-state index contributed by atoms with van der Waals surface area (Å²) in [6, 6.07) is 0. The van der Waals surface area contributed by atoms with Gasteiger partial charge in [-0.2, -0.15) is 0 Å². The lowest BCUT2D eigenvalue weighted by atomic mass is 10.0. The molecule has 0 saturated heterocycles. The van der Waals surface area contributed by atoms with Gasteiger partial charge in [-0.3, -0.25) is 4.99 Å². The van der Waals surface area contributed by atoms with Gasteiger partial charge in [0.15, 0.2) is 5.96 Å². The number of hydrogen-bond acceptors (Lipinski definition) is 4. The van der Waals surface area contributed by atoms with Gasteiger partial charge >= 0.3 is 0 Å². The van der Waals surface area contributed by atoms with Crippen molar-refractivity contribution < 1.29 is 5.11 Å². The van der Waals surface area contributed by atoms with Crippen LogP contribution < -0.4 is 10.6 Å². The van der Waals surface area contributed by atoms with E-state index in [0.717, 1.165) is 31.9 Å². The molecule has 0 radical (unpaired) electrons. The number of nitrogens with one attached hydrogen (secondary N) is 2. The quantitative estimate of drug-likeness (QED) is 0.584. The first-order chi connectivity index (χ1) is 6.14. The molecular weight excluding hydrogens is 166 g/mol. The van der Waals surface area contributed by atoms with Gasteiger partial charge in [-0.05, 0) is 19.8 Å². The minimum absolute atomic E-state index is 0.551. The zero-order chi connectivity index (χ0) is 9.73. The molecule has 0 aromatic heterocycles. The van der Waals surface area contributed by atoms with Crippen LogP contribution in [0.3, 0.4) is 0 Å². The molecule has 0 aliphatic carbocycles. The number of guanidine groups is 1. The second-order valence-corrected chi connectivity index (χ2v) is 3.71. The highest BCUT2D eigenvalue weighted by molar-refractivity contribution is 5.80. The van der Waals surface area contributed by atoms with Crippen LogP contribution in [0.1, 0.15) is 26.7 Å². The standard InChI is InChI=1S/C9H19N3O/c1-3-9(2,13)7-12-8-10-5-4-6-11-8/h13H,3-7H2,1-2H3,(H2,10,11,12). The summed E-state index contributed by atoms with van der Waals surface area (Å²) in [5, 5.41) is 16.0. The third-order valence-electron chi connectivity index (χ3n) is 2.30. The largest absolute Gasteiger partial charge is 0.388 e. The molecule has 0 saturated carbocycles. The number of nitrogens with zero attached hydrogens (tertiary/aromatic N) is 1. The Morgan fingerprint density at radius 2 is 2.46 bits per heavy atom. The van der Waals surface area contributed by atoms with Crippen molar-refractivity contribution in [1.29, 1.82) is 0 Å². The summed E-state index contributed by atoms with van der Waals surface area (Å²) in [5.41, 5.74) is -0.637. The van der Waals surface area contributed by atoms with E-state index in [1.165, 1.54) is 0 Å². The highest BCUT2D eigenvalue weighted by Crippen LogP contribution is 2.05. The summed E-state index contributed by atoms with van der Waals surface area (Å²) in [6.07, 6.45) is 1.84. The highest BCUT2D eigenvalue weighted by atomic mass is 16.3. The van der Waals surface area contributed by atoms with Crippen LogP contribution in [0.4, 0.5) is 0 Å². The fourth-order valence-corrected chi connectivity index (χ4v) is 1.05. The molecule has 4 heteroatoms. The van der Waals surface area contributed by atoms with Gasteiger partial charge in [0.2, 0.25) is 0 Å². The lowest BCUT2D eigenvalue weighted by molar-refractivity contribution is 0.0603. The highest BCUT2D eigenvalue weighted by Gasteiger charge is 2.17. The Bertz CT molecular complexity index is 189. The van der Waals surface area contributed by atoms with E-state index in [0.29, 0.717) is 6.54 Å². The second kappa shape index (κ2) is 4.46. The van der Waals surface area contributed by atoms with Gasteiger partial charge in [0.1, 0.15) is 0 Å². The molecule has 4 nitrogen and oxygen atoms in total.